The van der Waals surface area contributed by atoms with Gasteiger partial charge in [0.15, 0.2) is 11.6 Å². The van der Waals surface area contributed by atoms with Crippen molar-refractivity contribution in [1.82, 2.24) is 9.66 Å². The van der Waals surface area contributed by atoms with E-state index in [4.69, 9.17) is 5.73 Å². The van der Waals surface area contributed by atoms with Crippen LogP contribution in [-0.4, -0.2) is 22.2 Å². The van der Waals surface area contributed by atoms with E-state index in [0.717, 1.165) is 4.68 Å². The first-order chi connectivity index (χ1) is 10.2. The van der Waals surface area contributed by atoms with Crippen LogP contribution in [0.15, 0.2) is 23.4 Å². The van der Waals surface area contributed by atoms with Gasteiger partial charge in [-0.1, -0.05) is 0 Å². The quantitative estimate of drug-likeness (QED) is 0.698. The minimum absolute atomic E-state index is 0.0442. The van der Waals surface area contributed by atoms with Crippen LogP contribution in [0.5, 0.6) is 5.75 Å². The number of nitrogen functional groups attached to an aromatic ring is 1. The molecule has 1 aromatic heterocycles. The Labute approximate surface area is 120 Å². The number of anilines is 1. The van der Waals surface area contributed by atoms with Crippen molar-refractivity contribution >= 4 is 12.2 Å². The molecule has 10 heteroatoms. The zero-order valence-electron chi connectivity index (χ0n) is 11.0. The maximum Gasteiger partial charge on any atom is 0.573 e. The molecule has 0 atom stereocenters. The van der Waals surface area contributed by atoms with Gasteiger partial charge in [0.2, 0.25) is 5.95 Å². The van der Waals surface area contributed by atoms with Crippen LogP contribution in [0.4, 0.5) is 27.9 Å². The topological polar surface area (TPSA) is 65.4 Å². The molecular weight excluding hydrogens is 311 g/mol. The highest BCUT2D eigenvalue weighted by molar-refractivity contribution is 5.81. The van der Waals surface area contributed by atoms with E-state index in [0.29, 0.717) is 24.0 Å². The summed E-state index contributed by atoms with van der Waals surface area (Å²) in [5, 5.41) is 3.64. The first-order valence-electron chi connectivity index (χ1n) is 5.77. The van der Waals surface area contributed by atoms with Gasteiger partial charge in [-0.15, -0.1) is 13.2 Å². The molecule has 0 aliphatic carbocycles. The second-order valence-electron chi connectivity index (χ2n) is 4.15. The predicted molar refractivity (Wildman–Crippen MR) is 67.4 cm³/mol. The summed E-state index contributed by atoms with van der Waals surface area (Å²) in [6.07, 6.45) is -3.04. The van der Waals surface area contributed by atoms with Gasteiger partial charge in [-0.25, -0.2) is 18.4 Å². The number of aryl methyl sites for hydroxylation is 1. The van der Waals surface area contributed by atoms with Crippen molar-refractivity contribution < 1.29 is 26.7 Å². The largest absolute Gasteiger partial charge is 0.573 e. The Bertz CT molecular complexity index is 723. The molecule has 0 amide bonds. The van der Waals surface area contributed by atoms with Crippen LogP contribution in [0.1, 0.15) is 11.3 Å². The third kappa shape index (κ3) is 3.51. The highest BCUT2D eigenvalue weighted by Gasteiger charge is 2.33. The molecule has 0 aliphatic rings. The number of rotatable bonds is 3. The number of hydrogen-bond donors (Lipinski definition) is 1. The van der Waals surface area contributed by atoms with Crippen LogP contribution < -0.4 is 10.5 Å². The number of ether oxygens (including phenoxy) is 1. The van der Waals surface area contributed by atoms with Crippen LogP contribution >= 0.6 is 0 Å². The summed E-state index contributed by atoms with van der Waals surface area (Å²) in [5.74, 6) is -3.84. The van der Waals surface area contributed by atoms with E-state index in [1.807, 2.05) is 0 Å². The number of nitrogens with zero attached hydrogens (tertiary/aromatic N) is 3. The first-order valence-corrected chi connectivity index (χ1v) is 5.77. The molecule has 0 unspecified atom stereocenters. The summed E-state index contributed by atoms with van der Waals surface area (Å²) >= 11 is 0. The summed E-state index contributed by atoms with van der Waals surface area (Å²) in [6.45, 7) is 1.61. The fourth-order valence-electron chi connectivity index (χ4n) is 1.59. The molecule has 0 bridgehead atoms. The number of alkyl halides is 3. The molecule has 0 saturated carbocycles. The normalized spacial score (nSPS) is 12.1. The molecule has 22 heavy (non-hydrogen) atoms. The maximum atomic E-state index is 13.9. The molecule has 0 radical (unpaired) electrons. The van der Waals surface area contributed by atoms with Crippen molar-refractivity contribution in [2.45, 2.75) is 13.3 Å². The lowest BCUT2D eigenvalue weighted by atomic mass is 10.2. The molecule has 2 rings (SSSR count). The van der Waals surface area contributed by atoms with Gasteiger partial charge in [0.1, 0.15) is 5.82 Å². The summed E-state index contributed by atoms with van der Waals surface area (Å²) in [5.41, 5.74) is 5.18. The molecule has 1 heterocycles. The summed E-state index contributed by atoms with van der Waals surface area (Å²) in [4.78, 5) is 3.80. The molecule has 0 spiro atoms. The van der Waals surface area contributed by atoms with Gasteiger partial charge in [-0.05, 0) is 19.1 Å². The summed E-state index contributed by atoms with van der Waals surface area (Å²) in [7, 11) is 0. The van der Waals surface area contributed by atoms with Crippen LogP contribution in [0.25, 0.3) is 0 Å². The Morgan fingerprint density at radius 2 is 2.00 bits per heavy atom. The van der Waals surface area contributed by atoms with E-state index in [1.165, 1.54) is 6.20 Å². The lowest BCUT2D eigenvalue weighted by Crippen LogP contribution is -2.18. The van der Waals surface area contributed by atoms with Gasteiger partial charge in [0, 0.05) is 0 Å². The van der Waals surface area contributed by atoms with E-state index in [9.17, 15) is 22.0 Å². The molecule has 118 valence electrons. The Hall–Kier alpha value is -2.65. The number of aromatic nitrogens is 2. The lowest BCUT2D eigenvalue weighted by molar-refractivity contribution is -0.275. The molecule has 0 fully saturated rings. The fourth-order valence-corrected chi connectivity index (χ4v) is 1.59. The van der Waals surface area contributed by atoms with Gasteiger partial charge in [-0.2, -0.15) is 5.10 Å². The van der Waals surface area contributed by atoms with Crippen LogP contribution in [0.2, 0.25) is 0 Å². The van der Waals surface area contributed by atoms with Crippen molar-refractivity contribution in [2.24, 2.45) is 5.10 Å². The second kappa shape index (κ2) is 5.62. The monoisotopic (exact) mass is 320 g/mol. The highest BCUT2D eigenvalue weighted by Crippen LogP contribution is 2.28. The average Bonchev–Trinajstić information content (AvgIpc) is 2.70. The molecule has 2 N–H and O–H groups in total. The van der Waals surface area contributed by atoms with Gasteiger partial charge in [0.05, 0.1) is 23.7 Å². The number of benzene rings is 1. The summed E-state index contributed by atoms with van der Waals surface area (Å²) in [6, 6.07) is 1.17. The third-order valence-corrected chi connectivity index (χ3v) is 2.46. The van der Waals surface area contributed by atoms with Crippen molar-refractivity contribution in [3.8, 4) is 5.75 Å². The second-order valence-corrected chi connectivity index (χ2v) is 4.15. The zero-order valence-corrected chi connectivity index (χ0v) is 11.0. The molecule has 2 aromatic rings. The van der Waals surface area contributed by atoms with Gasteiger partial charge in [-0.3, -0.25) is 0 Å². The van der Waals surface area contributed by atoms with Crippen molar-refractivity contribution in [1.29, 1.82) is 0 Å². The van der Waals surface area contributed by atoms with Gasteiger partial charge in [0.25, 0.3) is 0 Å². The number of hydrogen-bond acceptors (Lipinski definition) is 4. The van der Waals surface area contributed by atoms with Crippen molar-refractivity contribution in [3.63, 3.8) is 0 Å². The predicted octanol–water partition coefficient (Wildman–Crippen LogP) is 2.83. The molecule has 0 saturated heterocycles. The van der Waals surface area contributed by atoms with Gasteiger partial charge < -0.3 is 10.5 Å². The minimum atomic E-state index is -5.10. The number of imidazole rings is 1. The first kappa shape index (κ1) is 15.7. The number of halogens is 5. The highest BCUT2D eigenvalue weighted by atomic mass is 19.4. The fraction of sp³-hybridized carbons (Fsp3) is 0.167. The number of nitrogens with two attached hydrogens (primary N) is 1. The van der Waals surface area contributed by atoms with E-state index in [2.05, 4.69) is 14.8 Å². The molecule has 1 aromatic carbocycles. The Balaban J connectivity index is 2.38. The lowest BCUT2D eigenvalue weighted by Gasteiger charge is -2.11. The van der Waals surface area contributed by atoms with Crippen molar-refractivity contribution in [3.05, 3.63) is 41.2 Å². The van der Waals surface area contributed by atoms with Crippen LogP contribution in [0, 0.1) is 18.6 Å². The average molecular weight is 320 g/mol. The zero-order chi connectivity index (χ0) is 16.5. The van der Waals surface area contributed by atoms with Crippen LogP contribution in [0.3, 0.4) is 0 Å². The van der Waals surface area contributed by atoms with E-state index < -0.39 is 29.3 Å². The minimum Gasteiger partial charge on any atom is -0.403 e. The third-order valence-electron chi connectivity index (χ3n) is 2.46. The summed E-state index contributed by atoms with van der Waals surface area (Å²) < 4.78 is 68.2. The maximum absolute atomic E-state index is 13.9. The SMILES string of the molecule is Cc1cn(N=Cc2c(F)ccc(OC(F)(F)F)c2F)c(N)n1. The van der Waals surface area contributed by atoms with E-state index in [-0.39, 0.29) is 5.95 Å². The Morgan fingerprint density at radius 1 is 1.32 bits per heavy atom. The van der Waals surface area contributed by atoms with Gasteiger partial charge >= 0.3 is 6.36 Å². The van der Waals surface area contributed by atoms with Crippen molar-refractivity contribution in [2.75, 3.05) is 5.73 Å². The smallest absolute Gasteiger partial charge is 0.403 e. The Morgan fingerprint density at radius 3 is 2.55 bits per heavy atom. The molecule has 0 aliphatic heterocycles. The van der Waals surface area contributed by atoms with Crippen LogP contribution in [-0.2, 0) is 0 Å². The molecular formula is C12H9F5N4O. The standard InChI is InChI=1S/C12H9F5N4O/c1-6-5-21(11(18)20-6)19-4-7-8(13)2-3-9(10(7)14)22-12(15,16)17/h2-5H,1H3,(H2,18,20). The Kier molecular flexibility index (Phi) is 4.02. The van der Waals surface area contributed by atoms with E-state index in [1.54, 1.807) is 6.92 Å². The van der Waals surface area contributed by atoms with E-state index >= 15 is 0 Å². The molecule has 5 nitrogen and oxygen atoms in total.